The first-order valence-electron chi connectivity index (χ1n) is 10.2. The number of hydrogen-bond donors (Lipinski definition) is 1. The van der Waals surface area contributed by atoms with E-state index in [-0.39, 0.29) is 16.9 Å². The first kappa shape index (κ1) is 19.6. The fourth-order valence-corrected chi connectivity index (χ4v) is 3.63. The van der Waals surface area contributed by atoms with Crippen LogP contribution in [0.15, 0.2) is 95.9 Å². The van der Waals surface area contributed by atoms with Gasteiger partial charge in [0, 0.05) is 30.2 Å². The third kappa shape index (κ3) is 4.49. The van der Waals surface area contributed by atoms with Gasteiger partial charge in [0.2, 0.25) is 5.43 Å². The molecule has 4 heteroatoms. The van der Waals surface area contributed by atoms with Gasteiger partial charge in [-0.25, -0.2) is 0 Å². The fourth-order valence-electron chi connectivity index (χ4n) is 3.63. The Kier molecular flexibility index (Phi) is 6.04. The van der Waals surface area contributed by atoms with E-state index < -0.39 is 0 Å². The Hall–Kier alpha value is -3.66. The van der Waals surface area contributed by atoms with E-state index in [0.717, 1.165) is 18.4 Å². The summed E-state index contributed by atoms with van der Waals surface area (Å²) in [6.45, 7) is 1.11. The number of pyridine rings is 1. The Morgan fingerprint density at radius 3 is 1.87 bits per heavy atom. The Morgan fingerprint density at radius 2 is 1.27 bits per heavy atom. The first-order chi connectivity index (χ1) is 14.7. The van der Waals surface area contributed by atoms with E-state index in [9.17, 15) is 9.59 Å². The molecule has 0 spiro atoms. The molecular formula is C26H24N2O2. The van der Waals surface area contributed by atoms with Gasteiger partial charge in [-0.05, 0) is 36.1 Å². The lowest BCUT2D eigenvalue weighted by Crippen LogP contribution is -2.37. The van der Waals surface area contributed by atoms with Crippen molar-refractivity contribution in [3.63, 3.8) is 0 Å². The van der Waals surface area contributed by atoms with Gasteiger partial charge in [0.05, 0.1) is 0 Å². The maximum atomic E-state index is 13.4. The lowest BCUT2D eigenvalue weighted by Gasteiger charge is -2.23. The maximum absolute atomic E-state index is 13.4. The van der Waals surface area contributed by atoms with Crippen molar-refractivity contribution in [3.8, 4) is 0 Å². The molecule has 1 N–H and O–H groups in total. The van der Waals surface area contributed by atoms with Crippen LogP contribution in [0.5, 0.6) is 0 Å². The number of nitrogens with one attached hydrogen (secondary N) is 1. The van der Waals surface area contributed by atoms with Crippen molar-refractivity contribution in [1.82, 2.24) is 9.88 Å². The zero-order valence-electron chi connectivity index (χ0n) is 16.8. The molecule has 4 aromatic rings. The number of fused-ring (bicyclic) bond motifs is 1. The molecule has 0 radical (unpaired) electrons. The molecule has 0 atom stereocenters. The molecule has 1 heterocycles. The molecule has 1 amide bonds. The fraction of sp³-hybridized carbons (Fsp3) is 0.154. The van der Waals surface area contributed by atoms with E-state index in [1.807, 2.05) is 54.6 Å². The maximum Gasteiger partial charge on any atom is 0.259 e. The number of hydrogen-bond acceptors (Lipinski definition) is 2. The Labute approximate surface area is 175 Å². The van der Waals surface area contributed by atoms with Crippen LogP contribution in [0.25, 0.3) is 10.9 Å². The van der Waals surface area contributed by atoms with Crippen molar-refractivity contribution >= 4 is 16.8 Å². The van der Waals surface area contributed by atoms with Crippen LogP contribution >= 0.6 is 0 Å². The number of para-hydroxylation sites is 1. The summed E-state index contributed by atoms with van der Waals surface area (Å²) in [6.07, 6.45) is 3.03. The average molecular weight is 396 g/mol. The van der Waals surface area contributed by atoms with Crippen LogP contribution in [0.1, 0.15) is 21.5 Å². The number of benzene rings is 3. The monoisotopic (exact) mass is 396 g/mol. The quantitative estimate of drug-likeness (QED) is 0.502. The van der Waals surface area contributed by atoms with Gasteiger partial charge >= 0.3 is 0 Å². The summed E-state index contributed by atoms with van der Waals surface area (Å²) in [5.41, 5.74) is 3.04. The molecule has 0 aliphatic rings. The van der Waals surface area contributed by atoms with E-state index in [1.165, 1.54) is 11.1 Å². The largest absolute Gasteiger partial charge is 0.360 e. The lowest BCUT2D eigenvalue weighted by atomic mass is 10.1. The van der Waals surface area contributed by atoms with Crippen molar-refractivity contribution in [2.24, 2.45) is 0 Å². The van der Waals surface area contributed by atoms with Gasteiger partial charge in [0.15, 0.2) is 0 Å². The molecule has 0 unspecified atom stereocenters. The molecule has 150 valence electrons. The van der Waals surface area contributed by atoms with Crippen molar-refractivity contribution < 1.29 is 4.79 Å². The molecule has 0 fully saturated rings. The van der Waals surface area contributed by atoms with Gasteiger partial charge in [-0.15, -0.1) is 0 Å². The molecular weight excluding hydrogens is 372 g/mol. The highest BCUT2D eigenvalue weighted by Crippen LogP contribution is 2.11. The summed E-state index contributed by atoms with van der Waals surface area (Å²) in [6, 6.07) is 27.5. The molecule has 0 bridgehead atoms. The van der Waals surface area contributed by atoms with Crippen molar-refractivity contribution in [3.05, 3.63) is 118 Å². The van der Waals surface area contributed by atoms with Crippen LogP contribution < -0.4 is 5.43 Å². The third-order valence-electron chi connectivity index (χ3n) is 5.33. The minimum Gasteiger partial charge on any atom is -0.360 e. The predicted octanol–water partition coefficient (Wildman–Crippen LogP) is 4.46. The molecule has 0 saturated carbocycles. The minimum atomic E-state index is -0.228. The SMILES string of the molecule is O=C(c1c[nH]c2ccccc2c1=O)N(CCc1ccccc1)CCc1ccccc1. The van der Waals surface area contributed by atoms with Crippen LogP contribution in [-0.2, 0) is 12.8 Å². The summed E-state index contributed by atoms with van der Waals surface area (Å²) in [4.78, 5) is 31.2. The van der Waals surface area contributed by atoms with E-state index >= 15 is 0 Å². The van der Waals surface area contributed by atoms with Crippen LogP contribution in [-0.4, -0.2) is 28.9 Å². The second-order valence-corrected chi connectivity index (χ2v) is 7.34. The van der Waals surface area contributed by atoms with Gasteiger partial charge in [-0.1, -0.05) is 72.8 Å². The highest BCUT2D eigenvalue weighted by molar-refractivity contribution is 5.97. The number of amides is 1. The predicted molar refractivity (Wildman–Crippen MR) is 121 cm³/mol. The number of H-pyrrole nitrogens is 1. The Morgan fingerprint density at radius 1 is 0.733 bits per heavy atom. The number of rotatable bonds is 7. The Bertz CT molecular complexity index is 1140. The number of nitrogens with zero attached hydrogens (tertiary/aromatic N) is 1. The van der Waals surface area contributed by atoms with Gasteiger partial charge < -0.3 is 9.88 Å². The average Bonchev–Trinajstić information content (AvgIpc) is 2.80. The summed E-state index contributed by atoms with van der Waals surface area (Å²) in [5, 5.41) is 0.536. The minimum absolute atomic E-state index is 0.190. The zero-order chi connectivity index (χ0) is 20.8. The Balaban J connectivity index is 1.59. The topological polar surface area (TPSA) is 53.2 Å². The van der Waals surface area contributed by atoms with Crippen LogP contribution in [0.3, 0.4) is 0 Å². The summed E-state index contributed by atoms with van der Waals surface area (Å²) < 4.78 is 0. The van der Waals surface area contributed by atoms with Crippen molar-refractivity contribution in [2.45, 2.75) is 12.8 Å². The number of carbonyl (C=O) groups excluding carboxylic acids is 1. The smallest absolute Gasteiger partial charge is 0.259 e. The molecule has 1 aromatic heterocycles. The van der Waals surface area contributed by atoms with Crippen LogP contribution in [0.4, 0.5) is 0 Å². The normalized spacial score (nSPS) is 10.8. The molecule has 3 aromatic carbocycles. The van der Waals surface area contributed by atoms with Crippen molar-refractivity contribution in [1.29, 1.82) is 0 Å². The summed E-state index contributed by atoms with van der Waals surface area (Å²) in [5.74, 6) is -0.228. The summed E-state index contributed by atoms with van der Waals surface area (Å²) >= 11 is 0. The standard InChI is InChI=1S/C26H24N2O2/c29-25-22-13-7-8-14-24(22)27-19-23(25)26(30)28(17-15-20-9-3-1-4-10-20)18-16-21-11-5-2-6-12-21/h1-14,19H,15-18H2,(H,27,29). The molecule has 30 heavy (non-hydrogen) atoms. The van der Waals surface area contributed by atoms with Gasteiger partial charge in [-0.3, -0.25) is 9.59 Å². The first-order valence-corrected chi connectivity index (χ1v) is 10.2. The second-order valence-electron chi connectivity index (χ2n) is 7.34. The van der Waals surface area contributed by atoms with Gasteiger partial charge in [0.1, 0.15) is 5.56 Å². The van der Waals surface area contributed by atoms with Gasteiger partial charge in [-0.2, -0.15) is 0 Å². The highest BCUT2D eigenvalue weighted by atomic mass is 16.2. The van der Waals surface area contributed by atoms with Crippen LogP contribution in [0.2, 0.25) is 0 Å². The number of aromatic amines is 1. The van der Waals surface area contributed by atoms with E-state index in [2.05, 4.69) is 29.2 Å². The molecule has 4 rings (SSSR count). The van der Waals surface area contributed by atoms with E-state index in [1.54, 1.807) is 17.2 Å². The highest BCUT2D eigenvalue weighted by Gasteiger charge is 2.20. The zero-order valence-corrected chi connectivity index (χ0v) is 16.8. The van der Waals surface area contributed by atoms with E-state index in [0.29, 0.717) is 18.5 Å². The third-order valence-corrected chi connectivity index (χ3v) is 5.33. The molecule has 0 aliphatic heterocycles. The molecule has 4 nitrogen and oxygen atoms in total. The molecule has 0 aliphatic carbocycles. The number of carbonyl (C=O) groups is 1. The van der Waals surface area contributed by atoms with Crippen molar-refractivity contribution in [2.75, 3.05) is 13.1 Å². The summed E-state index contributed by atoms with van der Waals surface area (Å²) in [7, 11) is 0. The van der Waals surface area contributed by atoms with Crippen LogP contribution in [0, 0.1) is 0 Å². The van der Waals surface area contributed by atoms with E-state index in [4.69, 9.17) is 0 Å². The number of aromatic nitrogens is 1. The second kappa shape index (κ2) is 9.23. The van der Waals surface area contributed by atoms with Gasteiger partial charge in [0.25, 0.3) is 5.91 Å². The molecule has 0 saturated heterocycles. The lowest BCUT2D eigenvalue weighted by molar-refractivity contribution is 0.0757.